The molecule has 0 bridgehead atoms. The minimum absolute atomic E-state index is 0.0602. The van der Waals surface area contributed by atoms with Gasteiger partial charge in [0.2, 0.25) is 0 Å². The Morgan fingerprint density at radius 2 is 1.44 bits per heavy atom. The lowest BCUT2D eigenvalue weighted by atomic mass is 9.95. The molecule has 2 heteroatoms. The van der Waals surface area contributed by atoms with Crippen molar-refractivity contribution in [1.29, 1.82) is 0 Å². The molecule has 92 valence electrons. The molecule has 0 spiro atoms. The standard InChI is InChI=1S/C16H17NO/c1-10-4-6-14(11(2)8-10)16(18)15-7-5-13(17)9-12(15)3/h4-9H,17H2,1-3H3. The minimum atomic E-state index is 0.0602. The summed E-state index contributed by atoms with van der Waals surface area (Å²) >= 11 is 0. The van der Waals surface area contributed by atoms with Crippen molar-refractivity contribution in [2.75, 3.05) is 5.73 Å². The van der Waals surface area contributed by atoms with E-state index in [1.165, 1.54) is 0 Å². The topological polar surface area (TPSA) is 43.1 Å². The van der Waals surface area contributed by atoms with Crippen LogP contribution in [0.5, 0.6) is 0 Å². The maximum Gasteiger partial charge on any atom is 0.193 e. The summed E-state index contributed by atoms with van der Waals surface area (Å²) in [6.45, 7) is 5.90. The Kier molecular flexibility index (Phi) is 3.19. The number of hydrogen-bond donors (Lipinski definition) is 1. The Labute approximate surface area is 107 Å². The SMILES string of the molecule is Cc1ccc(C(=O)c2ccc(N)cc2C)c(C)c1. The molecule has 0 saturated heterocycles. The Bertz CT molecular complexity index is 561. The largest absolute Gasteiger partial charge is 0.399 e. The Hall–Kier alpha value is -2.09. The van der Waals surface area contributed by atoms with Crippen LogP contribution in [0.1, 0.15) is 32.6 Å². The molecular weight excluding hydrogens is 222 g/mol. The van der Waals surface area contributed by atoms with E-state index in [0.29, 0.717) is 5.69 Å². The quantitative estimate of drug-likeness (QED) is 0.644. The first-order chi connectivity index (χ1) is 8.49. The normalized spacial score (nSPS) is 10.4. The maximum atomic E-state index is 12.5. The molecule has 2 aromatic carbocycles. The van der Waals surface area contributed by atoms with Crippen LogP contribution in [0.2, 0.25) is 0 Å². The van der Waals surface area contributed by atoms with E-state index in [0.717, 1.165) is 27.8 Å². The predicted octanol–water partition coefficient (Wildman–Crippen LogP) is 3.43. The summed E-state index contributed by atoms with van der Waals surface area (Å²) in [5, 5.41) is 0. The Morgan fingerprint density at radius 1 is 0.889 bits per heavy atom. The van der Waals surface area contributed by atoms with Crippen molar-refractivity contribution < 1.29 is 4.79 Å². The van der Waals surface area contributed by atoms with Gasteiger partial charge in [-0.2, -0.15) is 0 Å². The second-order valence-corrected chi connectivity index (χ2v) is 4.72. The van der Waals surface area contributed by atoms with Crippen molar-refractivity contribution in [2.24, 2.45) is 0 Å². The molecule has 0 unspecified atom stereocenters. The Morgan fingerprint density at radius 3 is 2.00 bits per heavy atom. The molecule has 18 heavy (non-hydrogen) atoms. The highest BCUT2D eigenvalue weighted by Gasteiger charge is 2.13. The summed E-state index contributed by atoms with van der Waals surface area (Å²) < 4.78 is 0. The number of carbonyl (C=O) groups is 1. The average molecular weight is 239 g/mol. The summed E-state index contributed by atoms with van der Waals surface area (Å²) in [7, 11) is 0. The third-order valence-electron chi connectivity index (χ3n) is 3.12. The van der Waals surface area contributed by atoms with Crippen LogP contribution in [0.3, 0.4) is 0 Å². The van der Waals surface area contributed by atoms with Crippen LogP contribution >= 0.6 is 0 Å². The molecule has 0 amide bonds. The molecule has 2 rings (SSSR count). The zero-order valence-corrected chi connectivity index (χ0v) is 10.9. The van der Waals surface area contributed by atoms with E-state index in [2.05, 4.69) is 0 Å². The summed E-state index contributed by atoms with van der Waals surface area (Å²) in [6.07, 6.45) is 0. The van der Waals surface area contributed by atoms with Crippen molar-refractivity contribution in [3.8, 4) is 0 Å². The van der Waals surface area contributed by atoms with Gasteiger partial charge in [-0.3, -0.25) is 4.79 Å². The number of anilines is 1. The third kappa shape index (κ3) is 2.28. The fourth-order valence-electron chi connectivity index (χ4n) is 2.16. The fraction of sp³-hybridized carbons (Fsp3) is 0.188. The summed E-state index contributed by atoms with van der Waals surface area (Å²) in [6, 6.07) is 11.3. The second-order valence-electron chi connectivity index (χ2n) is 4.72. The highest BCUT2D eigenvalue weighted by molar-refractivity contribution is 6.10. The summed E-state index contributed by atoms with van der Waals surface area (Å²) in [5.74, 6) is 0.0602. The van der Waals surface area contributed by atoms with Gasteiger partial charge in [0.15, 0.2) is 5.78 Å². The van der Waals surface area contributed by atoms with E-state index < -0.39 is 0 Å². The van der Waals surface area contributed by atoms with Gasteiger partial charge in [-0.05, 0) is 50.1 Å². The van der Waals surface area contributed by atoms with Crippen LogP contribution in [0.15, 0.2) is 36.4 Å². The molecule has 2 aromatic rings. The van der Waals surface area contributed by atoms with Crippen molar-refractivity contribution >= 4 is 11.5 Å². The van der Waals surface area contributed by atoms with Gasteiger partial charge < -0.3 is 5.73 Å². The van der Waals surface area contributed by atoms with E-state index in [1.807, 2.05) is 45.0 Å². The predicted molar refractivity (Wildman–Crippen MR) is 74.9 cm³/mol. The second kappa shape index (κ2) is 4.65. The van der Waals surface area contributed by atoms with Gasteiger partial charge >= 0.3 is 0 Å². The van der Waals surface area contributed by atoms with Crippen LogP contribution in [-0.4, -0.2) is 5.78 Å². The van der Waals surface area contributed by atoms with Gasteiger partial charge in [0.1, 0.15) is 0 Å². The number of rotatable bonds is 2. The number of hydrogen-bond acceptors (Lipinski definition) is 2. The first kappa shape index (κ1) is 12.4. The third-order valence-corrected chi connectivity index (χ3v) is 3.12. The maximum absolute atomic E-state index is 12.5. The lowest BCUT2D eigenvalue weighted by molar-refractivity contribution is 0.103. The molecular formula is C16H17NO. The van der Waals surface area contributed by atoms with Crippen molar-refractivity contribution in [3.05, 3.63) is 64.2 Å². The molecule has 2 nitrogen and oxygen atoms in total. The number of benzene rings is 2. The molecule has 0 radical (unpaired) electrons. The van der Waals surface area contributed by atoms with E-state index in [1.54, 1.807) is 12.1 Å². The molecule has 0 aliphatic rings. The molecule has 2 N–H and O–H groups in total. The van der Waals surface area contributed by atoms with E-state index in [9.17, 15) is 4.79 Å². The Balaban J connectivity index is 2.48. The lowest BCUT2D eigenvalue weighted by Crippen LogP contribution is -2.06. The van der Waals surface area contributed by atoms with E-state index in [-0.39, 0.29) is 5.78 Å². The molecule has 0 aliphatic heterocycles. The van der Waals surface area contributed by atoms with Crippen LogP contribution < -0.4 is 5.73 Å². The zero-order valence-electron chi connectivity index (χ0n) is 10.9. The number of carbonyl (C=O) groups excluding carboxylic acids is 1. The number of nitrogen functional groups attached to an aromatic ring is 1. The molecule has 0 atom stereocenters. The van der Waals surface area contributed by atoms with E-state index >= 15 is 0 Å². The van der Waals surface area contributed by atoms with E-state index in [4.69, 9.17) is 5.73 Å². The van der Waals surface area contributed by atoms with Crippen LogP contribution in [0.4, 0.5) is 5.69 Å². The van der Waals surface area contributed by atoms with Gasteiger partial charge in [0, 0.05) is 16.8 Å². The smallest absolute Gasteiger partial charge is 0.193 e. The molecule has 0 aromatic heterocycles. The van der Waals surface area contributed by atoms with Gasteiger partial charge in [0.25, 0.3) is 0 Å². The van der Waals surface area contributed by atoms with Crippen LogP contribution in [0.25, 0.3) is 0 Å². The van der Waals surface area contributed by atoms with Gasteiger partial charge in [0.05, 0.1) is 0 Å². The van der Waals surface area contributed by atoms with Crippen molar-refractivity contribution in [1.82, 2.24) is 0 Å². The highest BCUT2D eigenvalue weighted by Crippen LogP contribution is 2.19. The highest BCUT2D eigenvalue weighted by atomic mass is 16.1. The van der Waals surface area contributed by atoms with Gasteiger partial charge in [-0.1, -0.05) is 23.8 Å². The molecule has 0 saturated carbocycles. The van der Waals surface area contributed by atoms with Crippen molar-refractivity contribution in [3.63, 3.8) is 0 Å². The average Bonchev–Trinajstić information content (AvgIpc) is 2.28. The lowest BCUT2D eigenvalue weighted by Gasteiger charge is -2.09. The molecule has 0 aliphatic carbocycles. The molecule has 0 fully saturated rings. The summed E-state index contributed by atoms with van der Waals surface area (Å²) in [5.41, 5.74) is 11.0. The monoisotopic (exact) mass is 239 g/mol. The van der Waals surface area contributed by atoms with Gasteiger partial charge in [-0.15, -0.1) is 0 Å². The summed E-state index contributed by atoms with van der Waals surface area (Å²) in [4.78, 5) is 12.5. The fourth-order valence-corrected chi connectivity index (χ4v) is 2.16. The number of nitrogens with two attached hydrogens (primary N) is 1. The first-order valence-corrected chi connectivity index (χ1v) is 5.97. The van der Waals surface area contributed by atoms with Crippen LogP contribution in [0, 0.1) is 20.8 Å². The van der Waals surface area contributed by atoms with Gasteiger partial charge in [-0.25, -0.2) is 0 Å². The minimum Gasteiger partial charge on any atom is -0.399 e. The van der Waals surface area contributed by atoms with Crippen molar-refractivity contribution in [2.45, 2.75) is 20.8 Å². The number of ketones is 1. The van der Waals surface area contributed by atoms with Crippen LogP contribution in [-0.2, 0) is 0 Å². The zero-order chi connectivity index (χ0) is 13.3. The first-order valence-electron chi connectivity index (χ1n) is 5.97. The number of aryl methyl sites for hydroxylation is 3. The molecule has 0 heterocycles.